The van der Waals surface area contributed by atoms with E-state index in [1.807, 2.05) is 13.0 Å². The maximum absolute atomic E-state index is 11.5. The van der Waals surface area contributed by atoms with Gasteiger partial charge in [0.05, 0.1) is 18.8 Å². The van der Waals surface area contributed by atoms with E-state index >= 15 is 0 Å². The van der Waals surface area contributed by atoms with Crippen LogP contribution in [0.25, 0.3) is 0 Å². The monoisotopic (exact) mass is 276 g/mol. The molecular weight excluding hydrogens is 256 g/mol. The molecule has 108 valence electrons. The molecule has 1 aromatic rings. The van der Waals surface area contributed by atoms with Crippen LogP contribution in [0.1, 0.15) is 37.4 Å². The lowest BCUT2D eigenvalue weighted by Crippen LogP contribution is -2.41. The predicted octanol–water partition coefficient (Wildman–Crippen LogP) is 1.28. The molecule has 20 heavy (non-hydrogen) atoms. The van der Waals surface area contributed by atoms with Gasteiger partial charge in [-0.2, -0.15) is 0 Å². The highest BCUT2D eigenvalue weighted by Crippen LogP contribution is 2.26. The summed E-state index contributed by atoms with van der Waals surface area (Å²) < 4.78 is 5.76. The minimum Gasteiger partial charge on any atom is -0.368 e. The van der Waals surface area contributed by atoms with Crippen LogP contribution in [0.5, 0.6) is 0 Å². The number of nitrogens with zero attached hydrogens (tertiary/aromatic N) is 3. The fourth-order valence-corrected chi connectivity index (χ4v) is 2.38. The molecular formula is C14H20N4O2. The summed E-state index contributed by atoms with van der Waals surface area (Å²) >= 11 is 0. The molecule has 2 heterocycles. The van der Waals surface area contributed by atoms with Crippen molar-refractivity contribution >= 4 is 11.7 Å². The number of morpholine rings is 1. The van der Waals surface area contributed by atoms with Crippen molar-refractivity contribution in [1.29, 1.82) is 0 Å². The van der Waals surface area contributed by atoms with Crippen LogP contribution in [0.2, 0.25) is 0 Å². The first-order valence-electron chi connectivity index (χ1n) is 7.11. The van der Waals surface area contributed by atoms with E-state index in [4.69, 9.17) is 4.74 Å². The standard InChI is InChI=1S/C14H20N4O2/c1-9-15-12(7-14(16-9)17-11-3-4-11)13-8-18(10(2)19)5-6-20-13/h7,11,13H,3-6,8H2,1-2H3,(H,15,16,17)/t13-/m1/s1. The van der Waals surface area contributed by atoms with Crippen LogP contribution in [-0.4, -0.2) is 46.5 Å². The molecule has 0 unspecified atom stereocenters. The molecule has 0 bridgehead atoms. The van der Waals surface area contributed by atoms with E-state index < -0.39 is 0 Å². The zero-order chi connectivity index (χ0) is 14.1. The zero-order valence-electron chi connectivity index (χ0n) is 11.9. The minimum absolute atomic E-state index is 0.0837. The molecule has 1 aromatic heterocycles. The number of anilines is 1. The number of nitrogens with one attached hydrogen (secondary N) is 1. The number of carbonyl (C=O) groups is 1. The van der Waals surface area contributed by atoms with Crippen molar-refractivity contribution in [3.63, 3.8) is 0 Å². The first-order valence-corrected chi connectivity index (χ1v) is 7.11. The van der Waals surface area contributed by atoms with Crippen LogP contribution < -0.4 is 5.32 Å². The molecule has 2 aliphatic rings. The molecule has 1 saturated carbocycles. The van der Waals surface area contributed by atoms with E-state index in [1.54, 1.807) is 11.8 Å². The first kappa shape index (κ1) is 13.3. The Hall–Kier alpha value is -1.69. The summed E-state index contributed by atoms with van der Waals surface area (Å²) in [6, 6.07) is 2.50. The average Bonchev–Trinajstić information content (AvgIpc) is 3.22. The van der Waals surface area contributed by atoms with E-state index in [-0.39, 0.29) is 12.0 Å². The highest BCUT2D eigenvalue weighted by molar-refractivity contribution is 5.73. The van der Waals surface area contributed by atoms with Crippen LogP contribution in [0.15, 0.2) is 6.07 Å². The van der Waals surface area contributed by atoms with Crippen molar-refractivity contribution in [3.8, 4) is 0 Å². The third-order valence-electron chi connectivity index (χ3n) is 3.63. The fourth-order valence-electron chi connectivity index (χ4n) is 2.38. The highest BCUT2D eigenvalue weighted by atomic mass is 16.5. The molecule has 1 amide bonds. The Morgan fingerprint density at radius 3 is 2.95 bits per heavy atom. The molecule has 0 spiro atoms. The van der Waals surface area contributed by atoms with Crippen molar-refractivity contribution in [2.24, 2.45) is 0 Å². The van der Waals surface area contributed by atoms with Crippen LogP contribution in [0, 0.1) is 6.92 Å². The molecule has 0 radical (unpaired) electrons. The number of ether oxygens (including phenoxy) is 1. The molecule has 1 atom stereocenters. The predicted molar refractivity (Wildman–Crippen MR) is 74.4 cm³/mol. The normalized spacial score (nSPS) is 22.7. The largest absolute Gasteiger partial charge is 0.368 e. The summed E-state index contributed by atoms with van der Waals surface area (Å²) in [6.07, 6.45) is 2.25. The van der Waals surface area contributed by atoms with Crippen LogP contribution in [0.4, 0.5) is 5.82 Å². The molecule has 1 N–H and O–H groups in total. The minimum atomic E-state index is -0.158. The van der Waals surface area contributed by atoms with Gasteiger partial charge < -0.3 is 15.0 Å². The quantitative estimate of drug-likeness (QED) is 0.900. The fraction of sp³-hybridized carbons (Fsp3) is 0.643. The Morgan fingerprint density at radius 1 is 1.45 bits per heavy atom. The number of aryl methyl sites for hydroxylation is 1. The third kappa shape index (κ3) is 3.07. The molecule has 0 aromatic carbocycles. The second-order valence-corrected chi connectivity index (χ2v) is 5.47. The number of carbonyl (C=O) groups excluding carboxylic acids is 1. The second kappa shape index (κ2) is 5.36. The van der Waals surface area contributed by atoms with Crippen molar-refractivity contribution < 1.29 is 9.53 Å². The van der Waals surface area contributed by atoms with Crippen LogP contribution in [-0.2, 0) is 9.53 Å². The molecule has 6 heteroatoms. The number of hydrogen-bond donors (Lipinski definition) is 1. The van der Waals surface area contributed by atoms with Crippen molar-refractivity contribution in [2.75, 3.05) is 25.0 Å². The van der Waals surface area contributed by atoms with Crippen LogP contribution in [0.3, 0.4) is 0 Å². The Bertz CT molecular complexity index is 516. The summed E-state index contributed by atoms with van der Waals surface area (Å²) in [7, 11) is 0. The Kier molecular flexibility index (Phi) is 3.56. The van der Waals surface area contributed by atoms with E-state index in [2.05, 4.69) is 15.3 Å². The van der Waals surface area contributed by atoms with Gasteiger partial charge in [-0.1, -0.05) is 0 Å². The van der Waals surface area contributed by atoms with Gasteiger partial charge in [0, 0.05) is 25.6 Å². The average molecular weight is 276 g/mol. The third-order valence-corrected chi connectivity index (χ3v) is 3.63. The number of aromatic nitrogens is 2. The van der Waals surface area contributed by atoms with E-state index in [0.29, 0.717) is 25.7 Å². The SMILES string of the molecule is CC(=O)N1CCO[C@@H](c2cc(NC3CC3)nc(C)n2)C1. The van der Waals surface area contributed by atoms with Gasteiger partial charge in [-0.15, -0.1) is 0 Å². The van der Waals surface area contributed by atoms with Gasteiger partial charge in [0.2, 0.25) is 5.91 Å². The van der Waals surface area contributed by atoms with Gasteiger partial charge in [-0.05, 0) is 19.8 Å². The highest BCUT2D eigenvalue weighted by Gasteiger charge is 2.26. The van der Waals surface area contributed by atoms with Gasteiger partial charge in [0.1, 0.15) is 17.7 Å². The van der Waals surface area contributed by atoms with Crippen LogP contribution >= 0.6 is 0 Å². The summed E-state index contributed by atoms with van der Waals surface area (Å²) in [6.45, 7) is 5.25. The maximum Gasteiger partial charge on any atom is 0.219 e. The molecule has 1 saturated heterocycles. The number of amides is 1. The second-order valence-electron chi connectivity index (χ2n) is 5.47. The molecule has 3 rings (SSSR count). The van der Waals surface area contributed by atoms with Gasteiger partial charge in [-0.25, -0.2) is 9.97 Å². The van der Waals surface area contributed by atoms with Gasteiger partial charge in [-0.3, -0.25) is 4.79 Å². The number of rotatable bonds is 3. The van der Waals surface area contributed by atoms with E-state index in [9.17, 15) is 4.79 Å². The van der Waals surface area contributed by atoms with E-state index in [0.717, 1.165) is 17.3 Å². The molecule has 2 fully saturated rings. The van der Waals surface area contributed by atoms with Crippen molar-refractivity contribution in [2.45, 2.75) is 38.8 Å². The first-order chi connectivity index (χ1) is 9.61. The molecule has 1 aliphatic carbocycles. The zero-order valence-corrected chi connectivity index (χ0v) is 11.9. The summed E-state index contributed by atoms with van der Waals surface area (Å²) in [5.74, 6) is 1.67. The smallest absolute Gasteiger partial charge is 0.219 e. The Balaban J connectivity index is 1.77. The summed E-state index contributed by atoms with van der Waals surface area (Å²) in [5.41, 5.74) is 0.853. The van der Waals surface area contributed by atoms with Crippen molar-refractivity contribution in [1.82, 2.24) is 14.9 Å². The van der Waals surface area contributed by atoms with Gasteiger partial charge in [0.15, 0.2) is 0 Å². The Morgan fingerprint density at radius 2 is 2.25 bits per heavy atom. The molecule has 1 aliphatic heterocycles. The lowest BCUT2D eigenvalue weighted by atomic mass is 10.2. The van der Waals surface area contributed by atoms with Gasteiger partial charge >= 0.3 is 0 Å². The topological polar surface area (TPSA) is 67.3 Å². The Labute approximate surface area is 118 Å². The number of hydrogen-bond acceptors (Lipinski definition) is 5. The lowest BCUT2D eigenvalue weighted by molar-refractivity contribution is -0.136. The van der Waals surface area contributed by atoms with Gasteiger partial charge in [0.25, 0.3) is 0 Å². The summed E-state index contributed by atoms with van der Waals surface area (Å²) in [5, 5.41) is 3.38. The summed E-state index contributed by atoms with van der Waals surface area (Å²) in [4.78, 5) is 22.2. The van der Waals surface area contributed by atoms with Crippen molar-refractivity contribution in [3.05, 3.63) is 17.6 Å². The lowest BCUT2D eigenvalue weighted by Gasteiger charge is -2.32. The van der Waals surface area contributed by atoms with E-state index in [1.165, 1.54) is 12.8 Å². The molecule has 6 nitrogen and oxygen atoms in total. The maximum atomic E-state index is 11.5.